The molecule has 3 rings (SSSR count). The van der Waals surface area contributed by atoms with E-state index in [-0.39, 0.29) is 31.0 Å². The number of rotatable bonds is 11. The highest BCUT2D eigenvalue weighted by molar-refractivity contribution is 5.87. The number of aliphatic imine (C=N–C) groups is 1. The van der Waals surface area contributed by atoms with Crippen molar-refractivity contribution in [1.82, 2.24) is 14.9 Å². The number of alkyl carbamates (subject to hydrolysis) is 1. The number of nitrogens with zero attached hydrogens (tertiary/aromatic N) is 3. The Hall–Kier alpha value is -3.49. The van der Waals surface area contributed by atoms with Crippen LogP contribution < -0.4 is 16.2 Å². The number of unbranched alkanes of at least 4 members (excludes halogenated alkanes) is 2. The molecule has 0 bridgehead atoms. The molecule has 0 fully saturated rings. The average Bonchev–Trinajstić information content (AvgIpc) is 3.28. The van der Waals surface area contributed by atoms with Crippen LogP contribution in [0.1, 0.15) is 37.3 Å². The first-order valence-corrected chi connectivity index (χ1v) is 10.4. The average molecular weight is 425 g/mol. The fourth-order valence-electron chi connectivity index (χ4n) is 3.18. The second-order valence-corrected chi connectivity index (χ2v) is 7.22. The van der Waals surface area contributed by atoms with E-state index < -0.39 is 6.09 Å². The fourth-order valence-corrected chi connectivity index (χ4v) is 3.18. The Kier molecular flexibility index (Phi) is 7.91. The molecule has 9 heteroatoms. The Morgan fingerprint density at radius 3 is 2.74 bits per heavy atom. The van der Waals surface area contributed by atoms with Gasteiger partial charge in [0.1, 0.15) is 12.4 Å². The number of benzene rings is 1. The van der Waals surface area contributed by atoms with E-state index in [4.69, 9.17) is 4.74 Å². The number of fused-ring (bicyclic) bond motifs is 1. The molecule has 1 aromatic carbocycles. The molecular formula is C22H27N5O4. The van der Waals surface area contributed by atoms with Crippen molar-refractivity contribution in [2.75, 3.05) is 18.4 Å². The molecular weight excluding hydrogens is 398 g/mol. The maximum absolute atomic E-state index is 12.3. The van der Waals surface area contributed by atoms with Gasteiger partial charge in [-0.3, -0.25) is 14.2 Å². The summed E-state index contributed by atoms with van der Waals surface area (Å²) >= 11 is 0. The van der Waals surface area contributed by atoms with Crippen molar-refractivity contribution >= 4 is 29.9 Å². The zero-order valence-electron chi connectivity index (χ0n) is 17.6. The Morgan fingerprint density at radius 2 is 1.97 bits per heavy atom. The molecule has 0 unspecified atom stereocenters. The van der Waals surface area contributed by atoms with E-state index >= 15 is 0 Å². The predicted octanol–water partition coefficient (Wildman–Crippen LogP) is 2.60. The smallest absolute Gasteiger partial charge is 0.407 e. The van der Waals surface area contributed by atoms with Gasteiger partial charge >= 0.3 is 6.09 Å². The third-order valence-corrected chi connectivity index (χ3v) is 4.83. The van der Waals surface area contributed by atoms with E-state index in [0.717, 1.165) is 24.8 Å². The van der Waals surface area contributed by atoms with Crippen LogP contribution in [0.15, 0.2) is 40.1 Å². The summed E-state index contributed by atoms with van der Waals surface area (Å²) in [5, 5.41) is 5.36. The normalized spacial score (nSPS) is 11.8. The third kappa shape index (κ3) is 6.24. The van der Waals surface area contributed by atoms with E-state index in [1.165, 1.54) is 0 Å². The standard InChI is InChI=1S/C22H27N5O4/c1-2-3-7-12-27-19-18(10-11-23-19)20(29)26-21(27)24-13-17(28)14-25-22(30)31-15-16-8-5-4-6-9-16/h4-6,8-9,11H,2-3,7,10,12-15H2,1H3,(H,25,30)(H,24,26,29). The van der Waals surface area contributed by atoms with Gasteiger partial charge in [0, 0.05) is 19.2 Å². The van der Waals surface area contributed by atoms with E-state index in [9.17, 15) is 14.4 Å². The summed E-state index contributed by atoms with van der Waals surface area (Å²) < 4.78 is 6.94. The van der Waals surface area contributed by atoms with Crippen molar-refractivity contribution in [2.45, 2.75) is 45.8 Å². The lowest BCUT2D eigenvalue weighted by atomic mass is 10.2. The summed E-state index contributed by atoms with van der Waals surface area (Å²) in [5.41, 5.74) is 1.10. The molecule has 164 valence electrons. The van der Waals surface area contributed by atoms with Crippen LogP contribution in [-0.2, 0) is 29.1 Å². The molecule has 2 aromatic rings. The van der Waals surface area contributed by atoms with Gasteiger partial charge in [-0.2, -0.15) is 4.98 Å². The minimum atomic E-state index is -0.668. The lowest BCUT2D eigenvalue weighted by molar-refractivity contribution is -0.116. The number of amides is 1. The lowest BCUT2D eigenvalue weighted by Gasteiger charge is -2.16. The van der Waals surface area contributed by atoms with Crippen LogP contribution in [0, 0.1) is 0 Å². The number of carbonyl (C=O) groups is 2. The fraction of sp³-hybridized carbons (Fsp3) is 0.409. The van der Waals surface area contributed by atoms with E-state index in [0.29, 0.717) is 30.3 Å². The van der Waals surface area contributed by atoms with Crippen LogP contribution in [0.2, 0.25) is 0 Å². The van der Waals surface area contributed by atoms with Gasteiger partial charge in [0.05, 0.1) is 18.7 Å². The molecule has 2 N–H and O–H groups in total. The number of Topliss-reactive ketones (excluding diaryl/α,β-unsaturated/α-hetero) is 1. The largest absolute Gasteiger partial charge is 0.445 e. The second-order valence-electron chi connectivity index (χ2n) is 7.22. The van der Waals surface area contributed by atoms with Gasteiger partial charge in [-0.25, -0.2) is 9.79 Å². The van der Waals surface area contributed by atoms with Gasteiger partial charge in [0.15, 0.2) is 5.78 Å². The minimum absolute atomic E-state index is 0.0817. The van der Waals surface area contributed by atoms with Gasteiger partial charge in [-0.15, -0.1) is 0 Å². The number of carbonyl (C=O) groups excluding carboxylic acids is 2. The second kappa shape index (κ2) is 11.1. The number of hydrogen-bond acceptors (Lipinski definition) is 7. The summed E-state index contributed by atoms with van der Waals surface area (Å²) in [4.78, 5) is 44.7. The highest BCUT2D eigenvalue weighted by Gasteiger charge is 2.19. The highest BCUT2D eigenvalue weighted by atomic mass is 16.5. The van der Waals surface area contributed by atoms with Crippen molar-refractivity contribution in [1.29, 1.82) is 0 Å². The van der Waals surface area contributed by atoms with E-state index in [1.807, 2.05) is 34.9 Å². The maximum atomic E-state index is 12.3. The third-order valence-electron chi connectivity index (χ3n) is 4.83. The molecule has 0 radical (unpaired) electrons. The van der Waals surface area contributed by atoms with Crippen LogP contribution in [0.25, 0.3) is 0 Å². The summed E-state index contributed by atoms with van der Waals surface area (Å²) in [6.07, 6.45) is 4.52. The molecule has 0 saturated heterocycles. The molecule has 31 heavy (non-hydrogen) atoms. The summed E-state index contributed by atoms with van der Waals surface area (Å²) in [7, 11) is 0. The molecule has 0 aliphatic carbocycles. The quantitative estimate of drug-likeness (QED) is 0.535. The Bertz CT molecular complexity index is 1000. The molecule has 0 atom stereocenters. The van der Waals surface area contributed by atoms with Crippen LogP contribution in [-0.4, -0.2) is 40.7 Å². The molecule has 1 amide bonds. The van der Waals surface area contributed by atoms with Gasteiger partial charge < -0.3 is 15.4 Å². The van der Waals surface area contributed by atoms with Crippen LogP contribution in [0.4, 0.5) is 16.6 Å². The minimum Gasteiger partial charge on any atom is -0.445 e. The van der Waals surface area contributed by atoms with Gasteiger partial charge in [0.2, 0.25) is 5.95 Å². The number of aromatic nitrogens is 2. The SMILES string of the molecule is CCCCCn1c(NCC(=O)CNC(=O)OCc2ccccc2)nc(=O)c2c1N=CC2. The molecule has 1 aliphatic heterocycles. The first kappa shape index (κ1) is 22.2. The van der Waals surface area contributed by atoms with Crippen LogP contribution >= 0.6 is 0 Å². The van der Waals surface area contributed by atoms with Crippen molar-refractivity contribution in [3.05, 3.63) is 51.8 Å². The molecule has 1 aromatic heterocycles. The van der Waals surface area contributed by atoms with Crippen LogP contribution in [0.3, 0.4) is 0 Å². The molecule has 0 saturated carbocycles. The lowest BCUT2D eigenvalue weighted by Crippen LogP contribution is -2.33. The van der Waals surface area contributed by atoms with Gasteiger partial charge in [-0.05, 0) is 12.0 Å². The van der Waals surface area contributed by atoms with Gasteiger partial charge in [0.25, 0.3) is 5.56 Å². The molecule has 0 spiro atoms. The number of anilines is 1. The molecule has 2 heterocycles. The summed E-state index contributed by atoms with van der Waals surface area (Å²) in [6, 6.07) is 9.27. The summed E-state index contributed by atoms with van der Waals surface area (Å²) in [5.74, 6) is 0.655. The first-order valence-electron chi connectivity index (χ1n) is 10.4. The van der Waals surface area contributed by atoms with Crippen molar-refractivity contribution in [2.24, 2.45) is 4.99 Å². The predicted molar refractivity (Wildman–Crippen MR) is 118 cm³/mol. The van der Waals surface area contributed by atoms with Crippen molar-refractivity contribution in [3.8, 4) is 0 Å². The number of hydrogen-bond donors (Lipinski definition) is 2. The number of ketones is 1. The van der Waals surface area contributed by atoms with Crippen LogP contribution in [0.5, 0.6) is 0 Å². The maximum Gasteiger partial charge on any atom is 0.407 e. The zero-order chi connectivity index (χ0) is 22.1. The van der Waals surface area contributed by atoms with Crippen molar-refractivity contribution < 1.29 is 14.3 Å². The zero-order valence-corrected chi connectivity index (χ0v) is 17.6. The number of nitrogens with one attached hydrogen (secondary N) is 2. The number of ether oxygens (including phenoxy) is 1. The molecule has 1 aliphatic rings. The monoisotopic (exact) mass is 425 g/mol. The molecule has 9 nitrogen and oxygen atoms in total. The Balaban J connectivity index is 1.52. The summed E-state index contributed by atoms with van der Waals surface area (Å²) in [6.45, 7) is 2.62. The highest BCUT2D eigenvalue weighted by Crippen LogP contribution is 2.24. The topological polar surface area (TPSA) is 115 Å². The van der Waals surface area contributed by atoms with Gasteiger partial charge in [-0.1, -0.05) is 50.1 Å². The van der Waals surface area contributed by atoms with E-state index in [1.54, 1.807) is 6.21 Å². The first-order chi connectivity index (χ1) is 15.1. The van der Waals surface area contributed by atoms with Crippen molar-refractivity contribution in [3.63, 3.8) is 0 Å². The Morgan fingerprint density at radius 1 is 1.16 bits per heavy atom. The Labute approximate surface area is 180 Å². The van der Waals surface area contributed by atoms with E-state index in [2.05, 4.69) is 27.5 Å².